The van der Waals surface area contributed by atoms with E-state index >= 15 is 0 Å². The van der Waals surface area contributed by atoms with Gasteiger partial charge in [0.25, 0.3) is 0 Å². The number of hydrogen-bond donors (Lipinski definition) is 0. The van der Waals surface area contributed by atoms with Crippen LogP contribution in [-0.2, 0) is 10.8 Å². The second kappa shape index (κ2) is 7.78. The summed E-state index contributed by atoms with van der Waals surface area (Å²) in [7, 11) is 0.464. The van der Waals surface area contributed by atoms with Crippen molar-refractivity contribution < 1.29 is 40.1 Å². The minimum atomic E-state index is -1.16. The molecule has 0 saturated heterocycles. The van der Waals surface area contributed by atoms with E-state index in [2.05, 4.69) is 22.0 Å². The monoisotopic (exact) mass is 586 g/mol. The van der Waals surface area contributed by atoms with Gasteiger partial charge in [-0.3, -0.25) is 4.21 Å². The Kier molecular flexibility index (Phi) is 6.93. The quantitative estimate of drug-likeness (QED) is 0.491. The number of hydrogen-bond acceptors (Lipinski definition) is 2. The number of rotatable bonds is 2. The molecule has 1 aliphatic rings. The van der Waals surface area contributed by atoms with Crippen molar-refractivity contribution >= 4 is 36.1 Å². The van der Waals surface area contributed by atoms with E-state index in [9.17, 15) is 4.21 Å². The molecule has 0 saturated carbocycles. The summed E-state index contributed by atoms with van der Waals surface area (Å²) in [6.07, 6.45) is 0. The van der Waals surface area contributed by atoms with Crippen LogP contribution in [0.25, 0.3) is 9.39 Å². The van der Waals surface area contributed by atoms with Gasteiger partial charge < -0.3 is 12.2 Å². The van der Waals surface area contributed by atoms with E-state index in [0.29, 0.717) is 0 Å². The summed E-state index contributed by atoms with van der Waals surface area (Å²) >= 11 is 3.56. The van der Waals surface area contributed by atoms with E-state index in [4.69, 9.17) is 4.74 Å². The van der Waals surface area contributed by atoms with Crippen LogP contribution < -0.4 is 4.74 Å². The van der Waals surface area contributed by atoms with Gasteiger partial charge in [-0.05, 0) is 17.7 Å². The molecule has 2 aromatic rings. The minimum Gasteiger partial charge on any atom is -0.497 e. The second-order valence-electron chi connectivity index (χ2n) is 4.06. The van der Waals surface area contributed by atoms with Crippen molar-refractivity contribution in [1.29, 1.82) is 0 Å². The van der Waals surface area contributed by atoms with Crippen molar-refractivity contribution in [2.45, 2.75) is 4.90 Å². The van der Waals surface area contributed by atoms with Crippen LogP contribution in [0.3, 0.4) is 0 Å². The molecule has 1 aliphatic heterocycles. The zero-order valence-corrected chi connectivity index (χ0v) is 18.2. The molecular weight excluding hydrogens is 574 g/mol. The fourth-order valence-corrected chi connectivity index (χ4v) is 4.57. The summed E-state index contributed by atoms with van der Waals surface area (Å²) in [4.78, 5) is 1.61. The van der Waals surface area contributed by atoms with Gasteiger partial charge in [-0.25, -0.2) is 0 Å². The van der Waals surface area contributed by atoms with Gasteiger partial charge in [0.15, 0.2) is 0 Å². The van der Waals surface area contributed by atoms with Crippen LogP contribution in [-0.4, -0.2) is 11.3 Å². The zero-order chi connectivity index (χ0) is 13.4. The molecule has 1 heterocycles. The smallest absolute Gasteiger partial charge is 0.497 e. The number of ether oxygens (including phenoxy) is 1. The first kappa shape index (κ1) is 18.7. The summed E-state index contributed by atoms with van der Waals surface area (Å²) < 4.78 is 18.6. The molecule has 106 valence electrons. The molecule has 0 radical (unpaired) electrons. The number of halogens is 1. The fraction of sp³-hybridized carbons (Fsp3) is 0.0625. The Morgan fingerprint density at radius 3 is 2.43 bits per heavy atom. The third kappa shape index (κ3) is 3.37. The predicted octanol–water partition coefficient (Wildman–Crippen LogP) is 4.29. The summed E-state index contributed by atoms with van der Waals surface area (Å²) in [5.41, 5.74) is 1.91. The maximum Gasteiger partial charge on any atom is 2.00 e. The predicted molar refractivity (Wildman–Crippen MR) is 86.8 cm³/mol. The van der Waals surface area contributed by atoms with Gasteiger partial charge in [-0.15, -0.1) is 5.56 Å². The summed E-state index contributed by atoms with van der Waals surface area (Å²) in [5.74, 6) is 0.787. The first-order chi connectivity index (χ1) is 9.22. The number of methoxy groups -OCH3 is 1. The normalized spacial score (nSPS) is 15.8. The van der Waals surface area contributed by atoms with E-state index in [-0.39, 0.29) is 38.5 Å². The van der Waals surface area contributed by atoms with Gasteiger partial charge in [0.1, 0.15) is 5.75 Å². The molecule has 1 atom stereocenters. The van der Waals surface area contributed by atoms with Crippen molar-refractivity contribution in [1.82, 2.24) is 0 Å². The van der Waals surface area contributed by atoms with Gasteiger partial charge in [0.2, 0.25) is 0 Å². The first-order valence-electron chi connectivity index (χ1n) is 5.69. The van der Waals surface area contributed by atoms with Crippen LogP contribution in [0.4, 0.5) is 0 Å². The zero-order valence-electron chi connectivity index (χ0n) is 11.6. The molecule has 5 heteroatoms. The fourth-order valence-electron chi connectivity index (χ4n) is 2.04. The van der Waals surface area contributed by atoms with Gasteiger partial charge in [-0.1, -0.05) is 33.0 Å². The molecule has 3 rings (SSSR count). The van der Waals surface area contributed by atoms with Gasteiger partial charge in [-0.2, -0.15) is 24.3 Å². The average molecular weight is 587 g/mol. The Bertz CT molecular complexity index is 696. The van der Waals surface area contributed by atoms with E-state index in [1.807, 2.05) is 36.4 Å². The standard InChI is InChI=1S/C15H10BrO2S.CH3.U/c1-18-11-8-6-10(7-9-11)15-14(16)12-4-2-3-5-13(12)19(15)17;;/h2,4-9H,1H3;1H3;/q2*-1;+2. The van der Waals surface area contributed by atoms with Crippen LogP contribution in [0.5, 0.6) is 5.75 Å². The molecule has 0 aliphatic carbocycles. The molecule has 21 heavy (non-hydrogen) atoms. The molecule has 0 spiro atoms. The Hall–Kier alpha value is -0.338. The Morgan fingerprint density at radius 2 is 1.86 bits per heavy atom. The third-order valence-electron chi connectivity index (χ3n) is 3.00. The average Bonchev–Trinajstić information content (AvgIpc) is 2.72. The SMILES string of the molecule is COc1ccc(C2=C(Br)c3cc[c-]cc3S2=O)cc1.[CH3-].[U+2]. The second-order valence-corrected chi connectivity index (χ2v) is 6.24. The maximum absolute atomic E-state index is 12.5. The van der Waals surface area contributed by atoms with Crippen molar-refractivity contribution in [3.05, 3.63) is 67.1 Å². The topological polar surface area (TPSA) is 26.3 Å². The van der Waals surface area contributed by atoms with Crippen molar-refractivity contribution in [3.8, 4) is 5.75 Å². The van der Waals surface area contributed by atoms with Gasteiger partial charge in [0.05, 0.1) is 12.0 Å². The van der Waals surface area contributed by atoms with E-state index in [1.54, 1.807) is 13.2 Å². The maximum atomic E-state index is 12.5. The van der Waals surface area contributed by atoms with E-state index in [1.165, 1.54) is 0 Å². The summed E-state index contributed by atoms with van der Waals surface area (Å²) in [5, 5.41) is 0. The van der Waals surface area contributed by atoms with Crippen LogP contribution in [0, 0.1) is 44.6 Å². The van der Waals surface area contributed by atoms with Crippen molar-refractivity contribution in [2.24, 2.45) is 0 Å². The number of benzene rings is 2. The summed E-state index contributed by atoms with van der Waals surface area (Å²) in [6, 6.07) is 16.1. The number of fused-ring (bicyclic) bond motifs is 1. The molecule has 0 N–H and O–H groups in total. The van der Waals surface area contributed by atoms with Crippen molar-refractivity contribution in [3.63, 3.8) is 0 Å². The molecular formula is C16H13BrO2SU. The minimum absolute atomic E-state index is 0. The molecule has 0 fully saturated rings. The molecule has 0 amide bonds. The Labute approximate surface area is 159 Å². The van der Waals surface area contributed by atoms with Gasteiger partial charge in [0, 0.05) is 15.3 Å². The molecule has 2 nitrogen and oxygen atoms in total. The molecule has 2 aromatic carbocycles. The van der Waals surface area contributed by atoms with Crippen molar-refractivity contribution in [2.75, 3.05) is 7.11 Å². The van der Waals surface area contributed by atoms with Crippen LogP contribution in [0.2, 0.25) is 0 Å². The van der Waals surface area contributed by atoms with Crippen LogP contribution in [0.15, 0.2) is 47.4 Å². The van der Waals surface area contributed by atoms with Crippen LogP contribution >= 0.6 is 15.9 Å². The van der Waals surface area contributed by atoms with E-state index in [0.717, 1.165) is 31.2 Å². The first-order valence-corrected chi connectivity index (χ1v) is 7.63. The van der Waals surface area contributed by atoms with E-state index < -0.39 is 10.8 Å². The molecule has 1 unspecified atom stereocenters. The van der Waals surface area contributed by atoms with Crippen LogP contribution in [0.1, 0.15) is 11.1 Å². The largest absolute Gasteiger partial charge is 2.00 e. The molecule has 0 aromatic heterocycles. The third-order valence-corrected chi connectivity index (χ3v) is 5.63. The van der Waals surface area contributed by atoms with Gasteiger partial charge >= 0.3 is 31.1 Å². The Balaban J connectivity index is 0.00000110. The Morgan fingerprint density at radius 1 is 1.19 bits per heavy atom. The summed E-state index contributed by atoms with van der Waals surface area (Å²) in [6.45, 7) is 0. The molecule has 0 bridgehead atoms.